The van der Waals surface area contributed by atoms with Gasteiger partial charge >= 0.3 is 11.6 Å². The predicted octanol–water partition coefficient (Wildman–Crippen LogP) is 3.40. The Balaban J connectivity index is 1.76. The Labute approximate surface area is 218 Å². The van der Waals surface area contributed by atoms with Crippen LogP contribution in [0.15, 0.2) is 51.7 Å². The second kappa shape index (κ2) is 12.4. The molecule has 3 aromatic rings. The van der Waals surface area contributed by atoms with Crippen molar-refractivity contribution in [2.24, 2.45) is 0 Å². The quantitative estimate of drug-likeness (QED) is 0.324. The van der Waals surface area contributed by atoms with Gasteiger partial charge in [0.1, 0.15) is 23.4 Å². The molecular weight excluding hydrogens is 500 g/mol. The third-order valence-corrected chi connectivity index (χ3v) is 6.32. The summed E-state index contributed by atoms with van der Waals surface area (Å²) in [6.07, 6.45) is 0.620. The molecule has 0 fully saturated rings. The standard InChI is InChI=1S/C27H29ClN2O7/c1-4-8-20(25(32)30-21(26(33)34)11-16-9-6-5-7-10-16)29-24(31)13-18-15(2)17-12-19(28)23(36-3)14-22(17)37-27(18)35/h5-7,9-10,12,14,20-21H,4,8,11,13H2,1-3H3,(H,29,31)(H,30,32)(H,33,34)/t20-,21+/m1/s1. The van der Waals surface area contributed by atoms with Crippen molar-refractivity contribution in [2.75, 3.05) is 7.11 Å². The number of nitrogens with one attached hydrogen (secondary N) is 2. The van der Waals surface area contributed by atoms with Crippen molar-refractivity contribution in [2.45, 2.75) is 51.6 Å². The van der Waals surface area contributed by atoms with Gasteiger partial charge in [-0.3, -0.25) is 9.59 Å². The summed E-state index contributed by atoms with van der Waals surface area (Å²) in [6, 6.07) is 9.89. The monoisotopic (exact) mass is 528 g/mol. The summed E-state index contributed by atoms with van der Waals surface area (Å²) in [5, 5.41) is 15.6. The maximum absolute atomic E-state index is 12.9. The third-order valence-electron chi connectivity index (χ3n) is 6.02. The van der Waals surface area contributed by atoms with Gasteiger partial charge in [0.25, 0.3) is 0 Å². The van der Waals surface area contributed by atoms with Crippen LogP contribution >= 0.6 is 11.6 Å². The number of ether oxygens (including phenoxy) is 1. The molecule has 10 heteroatoms. The number of aliphatic carboxylic acids is 1. The molecule has 196 valence electrons. The first-order chi connectivity index (χ1) is 17.6. The van der Waals surface area contributed by atoms with Gasteiger partial charge < -0.3 is 24.9 Å². The zero-order chi connectivity index (χ0) is 27.1. The van der Waals surface area contributed by atoms with Gasteiger partial charge in [0, 0.05) is 17.9 Å². The van der Waals surface area contributed by atoms with Gasteiger partial charge in [-0.15, -0.1) is 0 Å². The molecule has 0 saturated heterocycles. The Kier molecular flexibility index (Phi) is 9.30. The molecule has 1 heterocycles. The van der Waals surface area contributed by atoms with E-state index in [1.165, 1.54) is 13.2 Å². The molecule has 1 aromatic heterocycles. The fourth-order valence-corrected chi connectivity index (χ4v) is 4.28. The van der Waals surface area contributed by atoms with E-state index in [2.05, 4.69) is 10.6 Å². The van der Waals surface area contributed by atoms with E-state index in [0.29, 0.717) is 28.1 Å². The summed E-state index contributed by atoms with van der Waals surface area (Å²) in [4.78, 5) is 50.2. The molecule has 0 aliphatic rings. The Morgan fingerprint density at radius 1 is 1.11 bits per heavy atom. The third kappa shape index (κ3) is 6.89. The summed E-state index contributed by atoms with van der Waals surface area (Å²) in [5.74, 6) is -2.02. The highest BCUT2D eigenvalue weighted by molar-refractivity contribution is 6.32. The average molecular weight is 529 g/mol. The highest BCUT2D eigenvalue weighted by Crippen LogP contribution is 2.31. The second-order valence-electron chi connectivity index (χ2n) is 8.65. The average Bonchev–Trinajstić information content (AvgIpc) is 2.86. The number of hydrogen-bond donors (Lipinski definition) is 3. The molecular formula is C27H29ClN2O7. The number of halogens is 1. The first kappa shape index (κ1) is 27.7. The minimum Gasteiger partial charge on any atom is -0.495 e. The number of amides is 2. The van der Waals surface area contributed by atoms with Crippen LogP contribution in [0.3, 0.4) is 0 Å². The Morgan fingerprint density at radius 3 is 2.43 bits per heavy atom. The molecule has 37 heavy (non-hydrogen) atoms. The van der Waals surface area contributed by atoms with E-state index in [0.717, 1.165) is 5.56 Å². The predicted molar refractivity (Wildman–Crippen MR) is 139 cm³/mol. The van der Waals surface area contributed by atoms with Crippen molar-refractivity contribution < 1.29 is 28.6 Å². The fourth-order valence-electron chi connectivity index (χ4n) is 4.04. The van der Waals surface area contributed by atoms with E-state index in [4.69, 9.17) is 20.8 Å². The normalized spacial score (nSPS) is 12.5. The molecule has 0 radical (unpaired) electrons. The Morgan fingerprint density at radius 2 is 1.81 bits per heavy atom. The van der Waals surface area contributed by atoms with E-state index >= 15 is 0 Å². The largest absolute Gasteiger partial charge is 0.495 e. The molecule has 3 rings (SSSR count). The second-order valence-corrected chi connectivity index (χ2v) is 9.06. The van der Waals surface area contributed by atoms with E-state index in [1.54, 1.807) is 37.3 Å². The van der Waals surface area contributed by atoms with Gasteiger partial charge in [-0.25, -0.2) is 9.59 Å². The number of methoxy groups -OCH3 is 1. The van der Waals surface area contributed by atoms with Crippen LogP contribution in [0.1, 0.15) is 36.5 Å². The number of carbonyl (C=O) groups excluding carboxylic acids is 2. The number of carboxylic acid groups (broad SMARTS) is 1. The van der Waals surface area contributed by atoms with Crippen LogP contribution in [-0.4, -0.2) is 42.1 Å². The lowest BCUT2D eigenvalue weighted by Crippen LogP contribution is -2.52. The van der Waals surface area contributed by atoms with Gasteiger partial charge in [-0.05, 0) is 30.5 Å². The van der Waals surface area contributed by atoms with Crippen molar-refractivity contribution >= 4 is 40.4 Å². The van der Waals surface area contributed by atoms with Gasteiger partial charge in [0.05, 0.1) is 24.1 Å². The summed E-state index contributed by atoms with van der Waals surface area (Å²) in [6.45, 7) is 3.52. The molecule has 2 atom stereocenters. The first-order valence-corrected chi connectivity index (χ1v) is 12.2. The number of rotatable bonds is 11. The molecule has 9 nitrogen and oxygen atoms in total. The number of carboxylic acids is 1. The summed E-state index contributed by atoms with van der Waals surface area (Å²) >= 11 is 6.22. The van der Waals surface area contributed by atoms with Crippen LogP contribution in [0.25, 0.3) is 11.0 Å². The van der Waals surface area contributed by atoms with Crippen LogP contribution < -0.4 is 21.0 Å². The minimum atomic E-state index is -1.18. The van der Waals surface area contributed by atoms with Gasteiger partial charge in [0.15, 0.2) is 0 Å². The molecule has 0 saturated carbocycles. The van der Waals surface area contributed by atoms with Crippen molar-refractivity contribution in [1.82, 2.24) is 10.6 Å². The zero-order valence-electron chi connectivity index (χ0n) is 20.8. The minimum absolute atomic E-state index is 0.0966. The molecule has 0 bridgehead atoms. The van der Waals surface area contributed by atoms with E-state index in [-0.39, 0.29) is 30.4 Å². The summed E-state index contributed by atoms with van der Waals surface area (Å²) in [7, 11) is 1.44. The van der Waals surface area contributed by atoms with Gasteiger partial charge in [-0.2, -0.15) is 0 Å². The van der Waals surface area contributed by atoms with E-state index in [9.17, 15) is 24.3 Å². The van der Waals surface area contributed by atoms with E-state index in [1.807, 2.05) is 13.0 Å². The number of benzene rings is 2. The molecule has 2 aromatic carbocycles. The van der Waals surface area contributed by atoms with Crippen molar-refractivity contribution in [3.8, 4) is 5.75 Å². The lowest BCUT2D eigenvalue weighted by molar-refractivity contribution is -0.142. The lowest BCUT2D eigenvalue weighted by atomic mass is 10.0. The Hall–Kier alpha value is -3.85. The van der Waals surface area contributed by atoms with Crippen LogP contribution in [0.4, 0.5) is 0 Å². The molecule has 0 spiro atoms. The molecule has 2 amide bonds. The van der Waals surface area contributed by atoms with Crippen LogP contribution in [-0.2, 0) is 27.2 Å². The molecule has 0 unspecified atom stereocenters. The SMILES string of the molecule is CCC[C@@H](NC(=O)Cc1c(C)c2cc(Cl)c(OC)cc2oc1=O)C(=O)N[C@@H](Cc1ccccc1)C(=O)O. The number of hydrogen-bond acceptors (Lipinski definition) is 6. The molecule has 3 N–H and O–H groups in total. The topological polar surface area (TPSA) is 135 Å². The van der Waals surface area contributed by atoms with Gasteiger partial charge in [0.2, 0.25) is 11.8 Å². The lowest BCUT2D eigenvalue weighted by Gasteiger charge is -2.21. The van der Waals surface area contributed by atoms with Gasteiger partial charge in [-0.1, -0.05) is 55.3 Å². The zero-order valence-corrected chi connectivity index (χ0v) is 21.6. The maximum Gasteiger partial charge on any atom is 0.340 e. The fraction of sp³-hybridized carbons (Fsp3) is 0.333. The van der Waals surface area contributed by atoms with Crippen molar-refractivity contribution in [3.63, 3.8) is 0 Å². The highest BCUT2D eigenvalue weighted by atomic mass is 35.5. The van der Waals surface area contributed by atoms with E-state index < -0.39 is 35.5 Å². The van der Waals surface area contributed by atoms with Crippen molar-refractivity contribution in [1.29, 1.82) is 0 Å². The number of aryl methyl sites for hydroxylation is 1. The molecule has 0 aliphatic heterocycles. The maximum atomic E-state index is 12.9. The van der Waals surface area contributed by atoms with Crippen LogP contribution in [0, 0.1) is 6.92 Å². The summed E-state index contributed by atoms with van der Waals surface area (Å²) in [5.41, 5.74) is 0.997. The number of fused-ring (bicyclic) bond motifs is 1. The summed E-state index contributed by atoms with van der Waals surface area (Å²) < 4.78 is 10.5. The Bertz CT molecular complexity index is 1350. The highest BCUT2D eigenvalue weighted by Gasteiger charge is 2.27. The first-order valence-electron chi connectivity index (χ1n) is 11.8. The van der Waals surface area contributed by atoms with Crippen LogP contribution in [0.5, 0.6) is 5.75 Å². The van der Waals surface area contributed by atoms with Crippen molar-refractivity contribution in [3.05, 3.63) is 74.6 Å². The number of carbonyl (C=O) groups is 3. The van der Waals surface area contributed by atoms with Crippen LogP contribution in [0.2, 0.25) is 5.02 Å². The molecule has 0 aliphatic carbocycles. The smallest absolute Gasteiger partial charge is 0.340 e.